The van der Waals surface area contributed by atoms with Crippen LogP contribution in [0.1, 0.15) is 11.1 Å². The predicted molar refractivity (Wildman–Crippen MR) is 79.0 cm³/mol. The zero-order valence-electron chi connectivity index (χ0n) is 10.9. The summed E-state index contributed by atoms with van der Waals surface area (Å²) in [5.74, 6) is -0.276. The lowest BCUT2D eigenvalue weighted by molar-refractivity contribution is 0.629. The van der Waals surface area contributed by atoms with Crippen molar-refractivity contribution in [2.75, 3.05) is 5.73 Å². The molecule has 1 aliphatic carbocycles. The van der Waals surface area contributed by atoms with Crippen LogP contribution in [0.5, 0.6) is 0 Å². The summed E-state index contributed by atoms with van der Waals surface area (Å²) < 4.78 is 13.4. The molecule has 20 heavy (non-hydrogen) atoms. The Morgan fingerprint density at radius 1 is 1.05 bits per heavy atom. The first-order valence-electron chi connectivity index (χ1n) is 6.70. The van der Waals surface area contributed by atoms with Crippen LogP contribution in [0.15, 0.2) is 42.5 Å². The number of aromatic nitrogens is 1. The minimum atomic E-state index is -0.276. The number of fused-ring (bicyclic) bond motifs is 4. The Morgan fingerprint density at radius 2 is 1.90 bits per heavy atom. The maximum Gasteiger partial charge on any atom is 0.124 e. The summed E-state index contributed by atoms with van der Waals surface area (Å²) in [5.41, 5.74) is 12.1. The van der Waals surface area contributed by atoms with Crippen LogP contribution in [0.25, 0.3) is 22.2 Å². The molecule has 98 valence electrons. The third-order valence-electron chi connectivity index (χ3n) is 4.01. The van der Waals surface area contributed by atoms with Gasteiger partial charge in [-0.15, -0.1) is 0 Å². The quantitative estimate of drug-likeness (QED) is 0.672. The fourth-order valence-electron chi connectivity index (χ4n) is 3.00. The van der Waals surface area contributed by atoms with Crippen molar-refractivity contribution in [2.24, 2.45) is 0 Å². The zero-order chi connectivity index (χ0) is 13.7. The van der Waals surface area contributed by atoms with E-state index in [9.17, 15) is 4.39 Å². The summed E-state index contributed by atoms with van der Waals surface area (Å²) in [7, 11) is 0. The van der Waals surface area contributed by atoms with E-state index in [1.807, 2.05) is 12.1 Å². The largest absolute Gasteiger partial charge is 0.398 e. The molecule has 4 rings (SSSR count). The standard InChI is InChI=1S/C17H13FN2/c18-11-6-8-15-14(9-11)16(19)13-7-5-10-3-1-2-4-12(10)17(13)20-15/h1-4,6,8-9H,5,7H2,(H2,19,20). The van der Waals surface area contributed by atoms with E-state index in [0.717, 1.165) is 35.2 Å². The number of nitrogen functional groups attached to an aromatic ring is 1. The van der Waals surface area contributed by atoms with Crippen LogP contribution in [0.2, 0.25) is 0 Å². The molecule has 1 aromatic heterocycles. The molecule has 0 saturated carbocycles. The summed E-state index contributed by atoms with van der Waals surface area (Å²) in [4.78, 5) is 4.71. The van der Waals surface area contributed by atoms with Gasteiger partial charge in [-0.2, -0.15) is 0 Å². The minimum absolute atomic E-state index is 0.276. The number of hydrogen-bond donors (Lipinski definition) is 1. The second kappa shape index (κ2) is 4.04. The second-order valence-corrected chi connectivity index (χ2v) is 5.17. The van der Waals surface area contributed by atoms with E-state index in [1.54, 1.807) is 6.07 Å². The van der Waals surface area contributed by atoms with Crippen LogP contribution in [0, 0.1) is 5.82 Å². The number of aryl methyl sites for hydroxylation is 1. The number of benzene rings is 2. The van der Waals surface area contributed by atoms with E-state index in [-0.39, 0.29) is 5.82 Å². The molecule has 1 aliphatic rings. The molecule has 0 amide bonds. The lowest BCUT2D eigenvalue weighted by atomic mass is 9.87. The van der Waals surface area contributed by atoms with Gasteiger partial charge in [0.2, 0.25) is 0 Å². The highest BCUT2D eigenvalue weighted by Crippen LogP contribution is 2.38. The highest BCUT2D eigenvalue weighted by atomic mass is 19.1. The molecule has 0 aliphatic heterocycles. The smallest absolute Gasteiger partial charge is 0.124 e. The fourth-order valence-corrected chi connectivity index (χ4v) is 3.00. The van der Waals surface area contributed by atoms with Crippen LogP contribution in [0.3, 0.4) is 0 Å². The topological polar surface area (TPSA) is 38.9 Å². The predicted octanol–water partition coefficient (Wildman–Crippen LogP) is 3.72. The minimum Gasteiger partial charge on any atom is -0.398 e. The highest BCUT2D eigenvalue weighted by molar-refractivity contribution is 5.96. The van der Waals surface area contributed by atoms with Gasteiger partial charge in [0, 0.05) is 22.2 Å². The first-order valence-corrected chi connectivity index (χ1v) is 6.70. The molecule has 0 atom stereocenters. The average molecular weight is 264 g/mol. The van der Waals surface area contributed by atoms with Gasteiger partial charge >= 0.3 is 0 Å². The molecule has 0 bridgehead atoms. The molecular formula is C17H13FN2. The molecule has 2 aromatic carbocycles. The zero-order valence-corrected chi connectivity index (χ0v) is 10.9. The Labute approximate surface area is 116 Å². The SMILES string of the molecule is Nc1c2c(nc3ccc(F)cc13)-c1ccccc1CC2. The average Bonchev–Trinajstić information content (AvgIpc) is 2.48. The van der Waals surface area contributed by atoms with Crippen LogP contribution in [-0.4, -0.2) is 4.98 Å². The molecule has 0 unspecified atom stereocenters. The van der Waals surface area contributed by atoms with Gasteiger partial charge in [-0.1, -0.05) is 24.3 Å². The van der Waals surface area contributed by atoms with E-state index in [4.69, 9.17) is 10.7 Å². The van der Waals surface area contributed by atoms with E-state index in [1.165, 1.54) is 17.7 Å². The maximum atomic E-state index is 13.4. The van der Waals surface area contributed by atoms with Crippen LogP contribution in [0.4, 0.5) is 10.1 Å². The van der Waals surface area contributed by atoms with Crippen molar-refractivity contribution in [1.29, 1.82) is 0 Å². The molecule has 1 heterocycles. The molecule has 3 aromatic rings. The van der Waals surface area contributed by atoms with Gasteiger partial charge in [-0.05, 0) is 36.6 Å². The van der Waals surface area contributed by atoms with Gasteiger partial charge in [0.25, 0.3) is 0 Å². The lowest BCUT2D eigenvalue weighted by Gasteiger charge is -2.21. The highest BCUT2D eigenvalue weighted by Gasteiger charge is 2.21. The Hall–Kier alpha value is -2.42. The summed E-state index contributed by atoms with van der Waals surface area (Å²) in [6.45, 7) is 0. The summed E-state index contributed by atoms with van der Waals surface area (Å²) in [6, 6.07) is 12.9. The molecule has 3 heteroatoms. The number of rotatable bonds is 0. The number of nitrogens with two attached hydrogens (primary N) is 1. The van der Waals surface area contributed by atoms with Gasteiger partial charge < -0.3 is 5.73 Å². The Balaban J connectivity index is 2.09. The van der Waals surface area contributed by atoms with Crippen molar-refractivity contribution < 1.29 is 4.39 Å². The number of hydrogen-bond acceptors (Lipinski definition) is 2. The molecule has 2 nitrogen and oxygen atoms in total. The fraction of sp³-hybridized carbons (Fsp3) is 0.118. The first kappa shape index (κ1) is 11.4. The van der Waals surface area contributed by atoms with E-state index < -0.39 is 0 Å². The molecule has 0 saturated heterocycles. The van der Waals surface area contributed by atoms with Gasteiger partial charge in [-0.3, -0.25) is 0 Å². The summed E-state index contributed by atoms with van der Waals surface area (Å²) in [6.07, 6.45) is 1.81. The van der Waals surface area contributed by atoms with Gasteiger partial charge in [0.1, 0.15) is 5.82 Å². The normalized spacial score (nSPS) is 13.1. The monoisotopic (exact) mass is 264 g/mol. The number of pyridine rings is 1. The van der Waals surface area contributed by atoms with E-state index in [2.05, 4.69) is 12.1 Å². The van der Waals surface area contributed by atoms with Crippen LogP contribution in [-0.2, 0) is 12.8 Å². The summed E-state index contributed by atoms with van der Waals surface area (Å²) in [5, 5.41) is 0.711. The van der Waals surface area contributed by atoms with E-state index in [0.29, 0.717) is 11.1 Å². The molecule has 0 radical (unpaired) electrons. The molecule has 0 fully saturated rings. The number of nitrogens with zero attached hydrogens (tertiary/aromatic N) is 1. The van der Waals surface area contributed by atoms with Gasteiger partial charge in [0.15, 0.2) is 0 Å². The first-order chi connectivity index (χ1) is 9.74. The van der Waals surface area contributed by atoms with Crippen molar-refractivity contribution in [3.63, 3.8) is 0 Å². The van der Waals surface area contributed by atoms with Crippen LogP contribution < -0.4 is 5.73 Å². The molecule has 0 spiro atoms. The second-order valence-electron chi connectivity index (χ2n) is 5.17. The third-order valence-corrected chi connectivity index (χ3v) is 4.01. The molecular weight excluding hydrogens is 251 g/mol. The van der Waals surface area contributed by atoms with Gasteiger partial charge in [-0.25, -0.2) is 9.37 Å². The van der Waals surface area contributed by atoms with Crippen LogP contribution >= 0.6 is 0 Å². The van der Waals surface area contributed by atoms with E-state index >= 15 is 0 Å². The van der Waals surface area contributed by atoms with Crippen molar-refractivity contribution in [3.8, 4) is 11.3 Å². The maximum absolute atomic E-state index is 13.4. The third kappa shape index (κ3) is 1.53. The Morgan fingerprint density at radius 3 is 2.80 bits per heavy atom. The van der Waals surface area contributed by atoms with Crippen molar-refractivity contribution >= 4 is 16.6 Å². The Bertz CT molecular complexity index is 840. The number of anilines is 1. The summed E-state index contributed by atoms with van der Waals surface area (Å²) >= 11 is 0. The van der Waals surface area contributed by atoms with Crippen molar-refractivity contribution in [3.05, 3.63) is 59.4 Å². The number of halogens is 1. The lowest BCUT2D eigenvalue weighted by Crippen LogP contribution is -2.09. The van der Waals surface area contributed by atoms with Crippen molar-refractivity contribution in [1.82, 2.24) is 4.98 Å². The Kier molecular flexibility index (Phi) is 2.30. The van der Waals surface area contributed by atoms with Crippen molar-refractivity contribution in [2.45, 2.75) is 12.8 Å². The van der Waals surface area contributed by atoms with Gasteiger partial charge in [0.05, 0.1) is 11.2 Å². The molecule has 2 N–H and O–H groups in total.